The Balaban J connectivity index is 2.33. The van der Waals surface area contributed by atoms with Crippen LogP contribution in [-0.4, -0.2) is 14.5 Å². The fourth-order valence-electron chi connectivity index (χ4n) is 1.84. The number of nitrogens with zero attached hydrogens (tertiary/aromatic N) is 3. The smallest absolute Gasteiger partial charge is 0.205 e. The van der Waals surface area contributed by atoms with Crippen molar-refractivity contribution in [2.24, 2.45) is 0 Å². The van der Waals surface area contributed by atoms with E-state index in [1.165, 1.54) is 0 Å². The molecule has 0 amide bonds. The molecule has 0 radical (unpaired) electrons. The van der Waals surface area contributed by atoms with Crippen LogP contribution in [0.1, 0.15) is 0 Å². The zero-order valence-corrected chi connectivity index (χ0v) is 11.0. The zero-order chi connectivity index (χ0) is 11.8. The van der Waals surface area contributed by atoms with Crippen molar-refractivity contribution in [3.8, 4) is 5.69 Å². The Morgan fingerprint density at radius 1 is 1.24 bits per heavy atom. The Kier molecular flexibility index (Phi) is 2.47. The summed E-state index contributed by atoms with van der Waals surface area (Å²) < 4.78 is 3.09. The molecule has 3 rings (SSSR count). The summed E-state index contributed by atoms with van der Waals surface area (Å²) in [6, 6.07) is 10.0. The van der Waals surface area contributed by atoms with E-state index in [1.54, 1.807) is 12.4 Å². The largest absolute Gasteiger partial charge is 0.369 e. The molecule has 2 N–H and O–H groups in total. The third-order valence-electron chi connectivity index (χ3n) is 2.55. The van der Waals surface area contributed by atoms with Gasteiger partial charge < -0.3 is 5.73 Å². The molecule has 0 unspecified atom stereocenters. The maximum atomic E-state index is 5.96. The van der Waals surface area contributed by atoms with E-state index in [9.17, 15) is 0 Å². The number of rotatable bonds is 1. The first-order chi connectivity index (χ1) is 8.25. The van der Waals surface area contributed by atoms with Gasteiger partial charge in [-0.15, -0.1) is 0 Å². The Morgan fingerprint density at radius 2 is 2.12 bits per heavy atom. The second kappa shape index (κ2) is 3.99. The van der Waals surface area contributed by atoms with Crippen LogP contribution in [0.5, 0.6) is 0 Å². The molecule has 0 aliphatic rings. The van der Waals surface area contributed by atoms with Gasteiger partial charge in [0.25, 0.3) is 0 Å². The minimum atomic E-state index is 0.481. The Labute approximate surface area is 112 Å². The highest BCUT2D eigenvalue weighted by Gasteiger charge is 2.09. The highest BCUT2D eigenvalue weighted by Crippen LogP contribution is 2.22. The van der Waals surface area contributed by atoms with Gasteiger partial charge in [-0.2, -0.15) is 0 Å². The Hall–Kier alpha value is -1.63. The van der Waals surface area contributed by atoms with Crippen LogP contribution in [-0.2, 0) is 0 Å². The molecular formula is C12H9IN4. The lowest BCUT2D eigenvalue weighted by Gasteiger charge is -2.06. The van der Waals surface area contributed by atoms with Gasteiger partial charge in [0.05, 0.1) is 17.4 Å². The number of nitrogens with two attached hydrogens (primary N) is 1. The van der Waals surface area contributed by atoms with Gasteiger partial charge in [-0.25, -0.2) is 4.98 Å². The van der Waals surface area contributed by atoms with Gasteiger partial charge in [-0.3, -0.25) is 9.55 Å². The number of pyridine rings is 1. The highest BCUT2D eigenvalue weighted by molar-refractivity contribution is 14.1. The first-order valence-electron chi connectivity index (χ1n) is 5.09. The van der Waals surface area contributed by atoms with Crippen LogP contribution in [0.15, 0.2) is 42.7 Å². The van der Waals surface area contributed by atoms with Crippen LogP contribution in [0.2, 0.25) is 0 Å². The molecule has 0 aliphatic heterocycles. The number of benzene rings is 1. The summed E-state index contributed by atoms with van der Waals surface area (Å²) in [4.78, 5) is 8.34. The van der Waals surface area contributed by atoms with Gasteiger partial charge in [0.1, 0.15) is 5.52 Å². The number of hydrogen-bond donors (Lipinski definition) is 1. The molecule has 0 atom stereocenters. The maximum absolute atomic E-state index is 5.96. The molecule has 2 heterocycles. The van der Waals surface area contributed by atoms with Crippen molar-refractivity contribution in [2.45, 2.75) is 0 Å². The first-order valence-corrected chi connectivity index (χ1v) is 6.17. The minimum absolute atomic E-state index is 0.481. The molecule has 1 aromatic carbocycles. The van der Waals surface area contributed by atoms with Gasteiger partial charge in [0.15, 0.2) is 0 Å². The van der Waals surface area contributed by atoms with Crippen LogP contribution in [0.4, 0.5) is 5.95 Å². The predicted molar refractivity (Wildman–Crippen MR) is 76.0 cm³/mol. The van der Waals surface area contributed by atoms with Gasteiger partial charge in [0.2, 0.25) is 5.95 Å². The molecule has 3 aromatic rings. The van der Waals surface area contributed by atoms with E-state index in [2.05, 4.69) is 38.6 Å². The van der Waals surface area contributed by atoms with Crippen molar-refractivity contribution in [3.05, 3.63) is 46.3 Å². The van der Waals surface area contributed by atoms with Gasteiger partial charge in [-0.1, -0.05) is 6.07 Å². The van der Waals surface area contributed by atoms with Crippen LogP contribution in [0.25, 0.3) is 16.7 Å². The van der Waals surface area contributed by atoms with Crippen molar-refractivity contribution >= 4 is 39.6 Å². The molecule has 0 aliphatic carbocycles. The second-order valence-corrected chi connectivity index (χ2v) is 4.90. The number of nitrogen functional groups attached to an aromatic ring is 1. The van der Waals surface area contributed by atoms with Crippen molar-refractivity contribution in [3.63, 3.8) is 0 Å². The third-order valence-corrected chi connectivity index (χ3v) is 3.22. The molecule has 17 heavy (non-hydrogen) atoms. The number of aromatic nitrogens is 3. The predicted octanol–water partition coefficient (Wildman–Crippen LogP) is 2.61. The molecule has 84 valence electrons. The quantitative estimate of drug-likeness (QED) is 0.695. The highest BCUT2D eigenvalue weighted by atomic mass is 127. The average Bonchev–Trinajstić information content (AvgIpc) is 2.64. The number of halogens is 1. The number of imidazole rings is 1. The Bertz CT molecular complexity index is 690. The van der Waals surface area contributed by atoms with Gasteiger partial charge in [0, 0.05) is 9.77 Å². The van der Waals surface area contributed by atoms with Gasteiger partial charge in [-0.05, 0) is 46.9 Å². The summed E-state index contributed by atoms with van der Waals surface area (Å²) >= 11 is 2.28. The average molecular weight is 336 g/mol. The molecule has 0 bridgehead atoms. The molecule has 5 heteroatoms. The second-order valence-electron chi connectivity index (χ2n) is 3.65. The summed E-state index contributed by atoms with van der Waals surface area (Å²) in [5.41, 5.74) is 8.75. The van der Waals surface area contributed by atoms with E-state index in [0.717, 1.165) is 20.3 Å². The lowest BCUT2D eigenvalue weighted by Crippen LogP contribution is -2.00. The van der Waals surface area contributed by atoms with Crippen molar-refractivity contribution < 1.29 is 0 Å². The fraction of sp³-hybridized carbons (Fsp3) is 0. The lowest BCUT2D eigenvalue weighted by atomic mass is 10.3. The van der Waals surface area contributed by atoms with Crippen molar-refractivity contribution in [2.75, 3.05) is 5.73 Å². The van der Waals surface area contributed by atoms with Gasteiger partial charge >= 0.3 is 0 Å². The molecule has 2 aromatic heterocycles. The molecule has 0 spiro atoms. The zero-order valence-electron chi connectivity index (χ0n) is 8.84. The fourth-order valence-corrected chi connectivity index (χ4v) is 2.36. The molecule has 0 saturated carbocycles. The van der Waals surface area contributed by atoms with E-state index < -0.39 is 0 Å². The van der Waals surface area contributed by atoms with Crippen LogP contribution in [0.3, 0.4) is 0 Å². The molecule has 0 saturated heterocycles. The minimum Gasteiger partial charge on any atom is -0.369 e. The van der Waals surface area contributed by atoms with E-state index in [-0.39, 0.29) is 0 Å². The topological polar surface area (TPSA) is 56.7 Å². The summed E-state index contributed by atoms with van der Waals surface area (Å²) in [5.74, 6) is 0.481. The van der Waals surface area contributed by atoms with Crippen LogP contribution in [0, 0.1) is 3.57 Å². The number of hydrogen-bond acceptors (Lipinski definition) is 3. The Morgan fingerprint density at radius 3 is 2.94 bits per heavy atom. The maximum Gasteiger partial charge on any atom is 0.205 e. The number of fused-ring (bicyclic) bond motifs is 1. The SMILES string of the molecule is Nc1nc2cnccc2n1-c1cccc(I)c1. The third kappa shape index (κ3) is 1.76. The van der Waals surface area contributed by atoms with E-state index >= 15 is 0 Å². The standard InChI is InChI=1S/C12H9IN4/c13-8-2-1-3-9(6-8)17-11-4-5-15-7-10(11)16-12(17)14/h1-7H,(H2,14,16). The lowest BCUT2D eigenvalue weighted by molar-refractivity contribution is 1.11. The van der Waals surface area contributed by atoms with Crippen LogP contribution >= 0.6 is 22.6 Å². The summed E-state index contributed by atoms with van der Waals surface area (Å²) in [7, 11) is 0. The molecule has 0 fully saturated rings. The van der Waals surface area contributed by atoms with Crippen LogP contribution < -0.4 is 5.73 Å². The molecular weight excluding hydrogens is 327 g/mol. The van der Waals surface area contributed by atoms with E-state index in [4.69, 9.17) is 5.73 Å². The monoisotopic (exact) mass is 336 g/mol. The summed E-state index contributed by atoms with van der Waals surface area (Å²) in [6.45, 7) is 0. The normalized spacial score (nSPS) is 10.9. The van der Waals surface area contributed by atoms with E-state index in [0.29, 0.717) is 5.95 Å². The summed E-state index contributed by atoms with van der Waals surface area (Å²) in [5, 5.41) is 0. The van der Waals surface area contributed by atoms with Crippen molar-refractivity contribution in [1.29, 1.82) is 0 Å². The molecule has 4 nitrogen and oxygen atoms in total. The summed E-state index contributed by atoms with van der Waals surface area (Å²) in [6.07, 6.45) is 3.46. The first kappa shape index (κ1) is 10.5. The van der Waals surface area contributed by atoms with Crippen molar-refractivity contribution in [1.82, 2.24) is 14.5 Å². The number of anilines is 1. The van der Waals surface area contributed by atoms with E-state index in [1.807, 2.05) is 28.8 Å².